The molecule has 2 aromatic rings. The van der Waals surface area contributed by atoms with Crippen LogP contribution in [0, 0.1) is 5.92 Å². The standard InChI is InChI=1S/C19H23ClN2O.2ClH/c20-17-6-2-1-5-16(17)19-8-7-15(23-19)13-22-11-9-18-14(12-22)4-3-10-21-18;;/h1-2,5-8,14,18,21H,3-4,9-13H2;2*1H/t14-,18+;;/m1../s1. The van der Waals surface area contributed by atoms with Gasteiger partial charge in [0.05, 0.1) is 11.6 Å². The van der Waals surface area contributed by atoms with Gasteiger partial charge in [0.25, 0.3) is 0 Å². The summed E-state index contributed by atoms with van der Waals surface area (Å²) < 4.78 is 6.05. The number of rotatable bonds is 3. The van der Waals surface area contributed by atoms with E-state index in [4.69, 9.17) is 16.0 Å². The molecule has 0 unspecified atom stereocenters. The van der Waals surface area contributed by atoms with Gasteiger partial charge in [-0.25, -0.2) is 0 Å². The molecule has 0 spiro atoms. The Hall–Kier alpha value is -0.710. The molecule has 6 heteroatoms. The van der Waals surface area contributed by atoms with Crippen LogP contribution in [-0.2, 0) is 6.54 Å². The van der Waals surface area contributed by atoms with Gasteiger partial charge in [-0.2, -0.15) is 0 Å². The molecule has 3 heterocycles. The molecule has 1 aromatic carbocycles. The van der Waals surface area contributed by atoms with Crippen LogP contribution < -0.4 is 5.32 Å². The van der Waals surface area contributed by atoms with E-state index in [0.29, 0.717) is 0 Å². The van der Waals surface area contributed by atoms with E-state index in [1.54, 1.807) is 0 Å². The maximum absolute atomic E-state index is 6.26. The number of nitrogens with one attached hydrogen (secondary N) is 1. The minimum Gasteiger partial charge on any atom is -0.460 e. The van der Waals surface area contributed by atoms with Crippen molar-refractivity contribution in [3.05, 3.63) is 47.2 Å². The Morgan fingerprint density at radius 2 is 1.96 bits per heavy atom. The third-order valence-electron chi connectivity index (χ3n) is 5.16. The number of likely N-dealkylation sites (tertiary alicyclic amines) is 1. The van der Waals surface area contributed by atoms with Crippen LogP contribution in [0.1, 0.15) is 25.0 Å². The smallest absolute Gasteiger partial charge is 0.135 e. The van der Waals surface area contributed by atoms with Gasteiger partial charge in [-0.05, 0) is 56.0 Å². The highest BCUT2D eigenvalue weighted by Crippen LogP contribution is 2.30. The van der Waals surface area contributed by atoms with E-state index in [9.17, 15) is 0 Å². The van der Waals surface area contributed by atoms with Crippen molar-refractivity contribution in [2.24, 2.45) is 5.92 Å². The summed E-state index contributed by atoms with van der Waals surface area (Å²) in [5, 5.41) is 4.41. The molecule has 4 rings (SSSR count). The Kier molecular flexibility index (Phi) is 7.66. The van der Waals surface area contributed by atoms with Crippen LogP contribution in [-0.4, -0.2) is 30.6 Å². The van der Waals surface area contributed by atoms with Crippen molar-refractivity contribution < 1.29 is 4.42 Å². The topological polar surface area (TPSA) is 28.4 Å². The summed E-state index contributed by atoms with van der Waals surface area (Å²) in [5.74, 6) is 2.69. The van der Waals surface area contributed by atoms with E-state index >= 15 is 0 Å². The Morgan fingerprint density at radius 3 is 2.80 bits per heavy atom. The Labute approximate surface area is 166 Å². The van der Waals surface area contributed by atoms with Gasteiger partial charge in [-0.1, -0.05) is 23.7 Å². The number of furan rings is 1. The van der Waals surface area contributed by atoms with Crippen molar-refractivity contribution in [1.82, 2.24) is 10.2 Å². The molecule has 0 aliphatic carbocycles. The minimum absolute atomic E-state index is 0. The molecule has 2 saturated heterocycles. The largest absolute Gasteiger partial charge is 0.460 e. The van der Waals surface area contributed by atoms with Gasteiger partial charge in [0.2, 0.25) is 0 Å². The van der Waals surface area contributed by atoms with Gasteiger partial charge < -0.3 is 9.73 Å². The molecule has 2 atom stereocenters. The van der Waals surface area contributed by atoms with Crippen molar-refractivity contribution in [2.45, 2.75) is 31.8 Å². The number of hydrogen-bond acceptors (Lipinski definition) is 3. The first-order valence-electron chi connectivity index (χ1n) is 8.59. The first-order chi connectivity index (χ1) is 11.3. The lowest BCUT2D eigenvalue weighted by atomic mass is 9.85. The molecule has 0 bridgehead atoms. The molecular weight excluding hydrogens is 379 g/mol. The zero-order chi connectivity index (χ0) is 15.6. The normalized spacial score (nSPS) is 23.2. The van der Waals surface area contributed by atoms with Crippen molar-refractivity contribution in [2.75, 3.05) is 19.6 Å². The fourth-order valence-electron chi connectivity index (χ4n) is 3.95. The second kappa shape index (κ2) is 9.29. The monoisotopic (exact) mass is 402 g/mol. The van der Waals surface area contributed by atoms with Gasteiger partial charge in [-0.15, -0.1) is 24.8 Å². The zero-order valence-corrected chi connectivity index (χ0v) is 16.5. The average Bonchev–Trinajstić information content (AvgIpc) is 3.03. The first-order valence-corrected chi connectivity index (χ1v) is 8.97. The van der Waals surface area contributed by atoms with E-state index in [0.717, 1.165) is 47.2 Å². The van der Waals surface area contributed by atoms with E-state index in [2.05, 4.69) is 16.3 Å². The maximum Gasteiger partial charge on any atom is 0.135 e. The minimum atomic E-state index is 0. The van der Waals surface area contributed by atoms with Crippen LogP contribution in [0.25, 0.3) is 11.3 Å². The molecular formula is C19H25Cl3N2O. The number of hydrogen-bond donors (Lipinski definition) is 1. The molecule has 3 nitrogen and oxygen atoms in total. The SMILES string of the molecule is Cl.Cl.Clc1ccccc1-c1ccc(CN2CC[C@@H]3NCCC[C@@H]3C2)o1. The number of piperidine rings is 2. The second-order valence-corrected chi connectivity index (χ2v) is 7.14. The van der Waals surface area contributed by atoms with Crippen molar-refractivity contribution in [3.63, 3.8) is 0 Å². The molecule has 2 aliphatic heterocycles. The van der Waals surface area contributed by atoms with Crippen LogP contribution in [0.4, 0.5) is 0 Å². The van der Waals surface area contributed by atoms with Crippen molar-refractivity contribution >= 4 is 36.4 Å². The summed E-state index contributed by atoms with van der Waals surface area (Å²) in [6.45, 7) is 4.42. The van der Waals surface area contributed by atoms with Crippen molar-refractivity contribution in [1.29, 1.82) is 0 Å². The molecule has 138 valence electrons. The highest BCUT2D eigenvalue weighted by atomic mass is 35.5. The molecule has 25 heavy (non-hydrogen) atoms. The fourth-order valence-corrected chi connectivity index (χ4v) is 4.18. The van der Waals surface area contributed by atoms with Gasteiger partial charge in [0.15, 0.2) is 0 Å². The summed E-state index contributed by atoms with van der Waals surface area (Å²) in [7, 11) is 0. The summed E-state index contributed by atoms with van der Waals surface area (Å²) >= 11 is 6.26. The van der Waals surface area contributed by atoms with Crippen LogP contribution >= 0.6 is 36.4 Å². The van der Waals surface area contributed by atoms with Crippen LogP contribution in [0.5, 0.6) is 0 Å². The van der Waals surface area contributed by atoms with Gasteiger partial charge >= 0.3 is 0 Å². The molecule has 1 N–H and O–H groups in total. The fraction of sp³-hybridized carbons (Fsp3) is 0.474. The first kappa shape index (κ1) is 20.6. The second-order valence-electron chi connectivity index (χ2n) is 6.73. The molecule has 2 aliphatic rings. The number of fused-ring (bicyclic) bond motifs is 1. The molecule has 0 saturated carbocycles. The zero-order valence-electron chi connectivity index (χ0n) is 14.1. The lowest BCUT2D eigenvalue weighted by Gasteiger charge is -2.41. The number of halogens is 3. The van der Waals surface area contributed by atoms with Gasteiger partial charge in [0, 0.05) is 24.7 Å². The lowest BCUT2D eigenvalue weighted by Crippen LogP contribution is -2.51. The molecule has 0 radical (unpaired) electrons. The van der Waals surface area contributed by atoms with Gasteiger partial charge in [-0.3, -0.25) is 4.90 Å². The van der Waals surface area contributed by atoms with Crippen LogP contribution in [0.2, 0.25) is 5.02 Å². The van der Waals surface area contributed by atoms with Crippen LogP contribution in [0.15, 0.2) is 40.8 Å². The molecule has 1 aromatic heterocycles. The van der Waals surface area contributed by atoms with E-state index in [1.807, 2.05) is 30.3 Å². The maximum atomic E-state index is 6.26. The summed E-state index contributed by atoms with van der Waals surface area (Å²) in [6.07, 6.45) is 3.92. The third-order valence-corrected chi connectivity index (χ3v) is 5.49. The van der Waals surface area contributed by atoms with E-state index < -0.39 is 0 Å². The lowest BCUT2D eigenvalue weighted by molar-refractivity contribution is 0.103. The highest BCUT2D eigenvalue weighted by Gasteiger charge is 2.31. The van der Waals surface area contributed by atoms with E-state index in [1.165, 1.54) is 32.4 Å². The Balaban J connectivity index is 0.00000113. The molecule has 2 fully saturated rings. The van der Waals surface area contributed by atoms with E-state index in [-0.39, 0.29) is 24.8 Å². The Morgan fingerprint density at radius 1 is 1.12 bits per heavy atom. The van der Waals surface area contributed by atoms with Crippen molar-refractivity contribution in [3.8, 4) is 11.3 Å². The highest BCUT2D eigenvalue weighted by molar-refractivity contribution is 6.33. The van der Waals surface area contributed by atoms with Gasteiger partial charge in [0.1, 0.15) is 11.5 Å². The summed E-state index contributed by atoms with van der Waals surface area (Å²) in [6, 6.07) is 12.7. The predicted molar refractivity (Wildman–Crippen MR) is 108 cm³/mol. The Bertz CT molecular complexity index is 676. The average molecular weight is 404 g/mol. The summed E-state index contributed by atoms with van der Waals surface area (Å²) in [5.41, 5.74) is 0.968. The third kappa shape index (κ3) is 4.72. The van der Waals surface area contributed by atoms with Crippen LogP contribution in [0.3, 0.4) is 0 Å². The number of nitrogens with zero attached hydrogens (tertiary/aromatic N) is 1. The summed E-state index contributed by atoms with van der Waals surface area (Å²) in [4.78, 5) is 2.53. The predicted octanol–water partition coefficient (Wildman–Crippen LogP) is 5.02. The molecule has 0 amide bonds. The number of benzene rings is 1. The quantitative estimate of drug-likeness (QED) is 0.780.